The van der Waals surface area contributed by atoms with Gasteiger partial charge in [0.05, 0.1) is 17.6 Å². The highest BCUT2D eigenvalue weighted by Gasteiger charge is 2.10. The lowest BCUT2D eigenvalue weighted by Crippen LogP contribution is -2.24. The minimum Gasteiger partial charge on any atom is -0.494 e. The van der Waals surface area contributed by atoms with Crippen molar-refractivity contribution in [2.75, 3.05) is 13.2 Å². The molecule has 1 heterocycles. The molecule has 0 radical (unpaired) electrons. The third kappa shape index (κ3) is 6.47. The highest BCUT2D eigenvalue weighted by molar-refractivity contribution is 5.94. The molecular weight excluding hydrogens is 422 g/mol. The van der Waals surface area contributed by atoms with Gasteiger partial charge in [-0.3, -0.25) is 4.79 Å². The van der Waals surface area contributed by atoms with Gasteiger partial charge in [0, 0.05) is 25.1 Å². The fourth-order valence-electron chi connectivity index (χ4n) is 4.16. The van der Waals surface area contributed by atoms with E-state index < -0.39 is 0 Å². The Balaban J connectivity index is 1.25. The first kappa shape index (κ1) is 23.6. The van der Waals surface area contributed by atoms with Crippen molar-refractivity contribution in [1.29, 1.82) is 0 Å². The molecule has 0 aliphatic rings. The quantitative estimate of drug-likeness (QED) is 0.268. The first-order valence-electron chi connectivity index (χ1n) is 12.2. The normalized spacial score (nSPS) is 11.0. The van der Waals surface area contributed by atoms with E-state index in [2.05, 4.69) is 47.1 Å². The van der Waals surface area contributed by atoms with E-state index in [1.54, 1.807) is 0 Å². The second-order valence-electron chi connectivity index (χ2n) is 8.62. The van der Waals surface area contributed by atoms with Crippen molar-refractivity contribution in [3.63, 3.8) is 0 Å². The number of benzene rings is 3. The van der Waals surface area contributed by atoms with Crippen molar-refractivity contribution in [2.45, 2.75) is 45.6 Å². The number of ether oxygens (including phenoxy) is 1. The fraction of sp³-hybridized carbons (Fsp3) is 0.310. The van der Waals surface area contributed by atoms with Crippen LogP contribution in [0.3, 0.4) is 0 Å². The smallest absolute Gasteiger partial charge is 0.251 e. The molecule has 0 atom stereocenters. The van der Waals surface area contributed by atoms with Gasteiger partial charge in [0.1, 0.15) is 11.6 Å². The molecule has 4 aromatic rings. The molecule has 0 aliphatic carbocycles. The van der Waals surface area contributed by atoms with Crippen LogP contribution < -0.4 is 10.1 Å². The zero-order valence-corrected chi connectivity index (χ0v) is 19.9. The highest BCUT2D eigenvalue weighted by atomic mass is 16.5. The molecular formula is C29H33N3O2. The molecule has 0 saturated heterocycles. The maximum absolute atomic E-state index is 12.1. The molecule has 5 nitrogen and oxygen atoms in total. The second kappa shape index (κ2) is 12.0. The van der Waals surface area contributed by atoms with Crippen LogP contribution in [-0.2, 0) is 13.0 Å². The van der Waals surface area contributed by atoms with Gasteiger partial charge in [0.15, 0.2) is 0 Å². The van der Waals surface area contributed by atoms with Crippen LogP contribution in [0, 0.1) is 6.92 Å². The van der Waals surface area contributed by atoms with Gasteiger partial charge >= 0.3 is 0 Å². The molecule has 0 fully saturated rings. The average Bonchev–Trinajstić information content (AvgIpc) is 3.21. The summed E-state index contributed by atoms with van der Waals surface area (Å²) in [5, 5.41) is 3.01. The molecule has 3 aromatic carbocycles. The predicted molar refractivity (Wildman–Crippen MR) is 137 cm³/mol. The van der Waals surface area contributed by atoms with Crippen LogP contribution in [0.2, 0.25) is 0 Å². The zero-order valence-electron chi connectivity index (χ0n) is 19.9. The van der Waals surface area contributed by atoms with E-state index >= 15 is 0 Å². The van der Waals surface area contributed by atoms with E-state index in [0.29, 0.717) is 18.7 Å². The van der Waals surface area contributed by atoms with Crippen molar-refractivity contribution in [2.24, 2.45) is 0 Å². The predicted octanol–water partition coefficient (Wildman–Crippen LogP) is 5.96. The lowest BCUT2D eigenvalue weighted by Gasteiger charge is -2.11. The number of amides is 1. The lowest BCUT2D eigenvalue weighted by atomic mass is 10.1. The number of fused-ring (bicyclic) bond motifs is 1. The van der Waals surface area contributed by atoms with Crippen LogP contribution in [0.15, 0.2) is 78.9 Å². The van der Waals surface area contributed by atoms with E-state index in [1.807, 2.05) is 48.5 Å². The molecule has 5 heteroatoms. The minimum absolute atomic E-state index is 0.00438. The molecule has 1 N–H and O–H groups in total. The Morgan fingerprint density at radius 1 is 0.912 bits per heavy atom. The SMILES string of the molecule is Cc1cccc(OCCCn2c(CCCCCNC(=O)c3ccccc3)nc3ccccc32)c1. The summed E-state index contributed by atoms with van der Waals surface area (Å²) in [7, 11) is 0. The average molecular weight is 456 g/mol. The molecule has 0 bridgehead atoms. The molecule has 34 heavy (non-hydrogen) atoms. The number of hydrogen-bond acceptors (Lipinski definition) is 3. The summed E-state index contributed by atoms with van der Waals surface area (Å²) < 4.78 is 8.28. The first-order valence-corrected chi connectivity index (χ1v) is 12.2. The number of para-hydroxylation sites is 2. The molecule has 0 spiro atoms. The van der Waals surface area contributed by atoms with Gasteiger partial charge in [-0.25, -0.2) is 4.98 Å². The molecule has 0 saturated carbocycles. The summed E-state index contributed by atoms with van der Waals surface area (Å²) in [6, 6.07) is 25.9. The maximum atomic E-state index is 12.1. The number of rotatable bonds is 12. The first-order chi connectivity index (χ1) is 16.7. The van der Waals surface area contributed by atoms with Crippen molar-refractivity contribution in [3.8, 4) is 5.75 Å². The summed E-state index contributed by atoms with van der Waals surface area (Å²) in [6.07, 6.45) is 4.91. The van der Waals surface area contributed by atoms with Crippen LogP contribution >= 0.6 is 0 Å². The third-order valence-corrected chi connectivity index (χ3v) is 5.92. The number of hydrogen-bond donors (Lipinski definition) is 1. The monoisotopic (exact) mass is 455 g/mol. The number of aryl methyl sites for hydroxylation is 3. The molecule has 1 aromatic heterocycles. The van der Waals surface area contributed by atoms with E-state index in [9.17, 15) is 4.79 Å². The van der Waals surface area contributed by atoms with Gasteiger partial charge in [-0.15, -0.1) is 0 Å². The van der Waals surface area contributed by atoms with E-state index in [1.165, 1.54) is 11.1 Å². The topological polar surface area (TPSA) is 56.1 Å². The summed E-state index contributed by atoms with van der Waals surface area (Å²) in [4.78, 5) is 17.0. The Morgan fingerprint density at radius 3 is 2.59 bits per heavy atom. The van der Waals surface area contributed by atoms with E-state index in [-0.39, 0.29) is 5.91 Å². The Bertz CT molecular complexity index is 1200. The summed E-state index contributed by atoms with van der Waals surface area (Å²) in [5.74, 6) is 2.05. The van der Waals surface area contributed by atoms with Crippen molar-refractivity contribution in [1.82, 2.24) is 14.9 Å². The van der Waals surface area contributed by atoms with Crippen LogP contribution in [0.4, 0.5) is 0 Å². The van der Waals surface area contributed by atoms with Gasteiger partial charge in [0.2, 0.25) is 0 Å². The number of aromatic nitrogens is 2. The maximum Gasteiger partial charge on any atom is 0.251 e. The standard InChI is InChI=1S/C29H33N3O2/c1-23-12-10-15-25(22-23)34-21-11-20-32-27-17-8-7-16-26(27)31-28(32)18-6-3-9-19-30-29(33)24-13-4-2-5-14-24/h2,4-5,7-8,10,12-17,22H,3,6,9,11,18-21H2,1H3,(H,30,33). The van der Waals surface area contributed by atoms with Gasteiger partial charge < -0.3 is 14.6 Å². The second-order valence-corrected chi connectivity index (χ2v) is 8.62. The van der Waals surface area contributed by atoms with Crippen molar-refractivity contribution < 1.29 is 9.53 Å². The molecule has 0 aliphatic heterocycles. The highest BCUT2D eigenvalue weighted by Crippen LogP contribution is 2.19. The molecule has 4 rings (SSSR count). The van der Waals surface area contributed by atoms with Gasteiger partial charge in [0.25, 0.3) is 5.91 Å². The third-order valence-electron chi connectivity index (χ3n) is 5.92. The largest absolute Gasteiger partial charge is 0.494 e. The summed E-state index contributed by atoms with van der Waals surface area (Å²) in [5.41, 5.74) is 4.15. The number of carbonyl (C=O) groups excluding carboxylic acids is 1. The molecule has 0 unspecified atom stereocenters. The number of imidazole rings is 1. The van der Waals surface area contributed by atoms with Crippen LogP contribution in [0.5, 0.6) is 5.75 Å². The number of nitrogens with one attached hydrogen (secondary N) is 1. The van der Waals surface area contributed by atoms with Crippen molar-refractivity contribution >= 4 is 16.9 Å². The number of carbonyl (C=O) groups is 1. The number of unbranched alkanes of at least 4 members (excludes halogenated alkanes) is 2. The Hall–Kier alpha value is -3.60. The van der Waals surface area contributed by atoms with Gasteiger partial charge in [-0.1, -0.05) is 48.9 Å². The molecule has 176 valence electrons. The zero-order chi connectivity index (χ0) is 23.6. The molecule has 1 amide bonds. The minimum atomic E-state index is -0.00438. The summed E-state index contributed by atoms with van der Waals surface area (Å²) in [6.45, 7) is 4.33. The van der Waals surface area contributed by atoms with E-state index in [4.69, 9.17) is 9.72 Å². The lowest BCUT2D eigenvalue weighted by molar-refractivity contribution is 0.0953. The van der Waals surface area contributed by atoms with E-state index in [0.717, 1.165) is 55.7 Å². The van der Waals surface area contributed by atoms with Crippen LogP contribution in [0.25, 0.3) is 11.0 Å². The van der Waals surface area contributed by atoms with Gasteiger partial charge in [-0.2, -0.15) is 0 Å². The fourth-order valence-corrected chi connectivity index (χ4v) is 4.16. The summed E-state index contributed by atoms with van der Waals surface area (Å²) >= 11 is 0. The Kier molecular flexibility index (Phi) is 8.33. The van der Waals surface area contributed by atoms with Gasteiger partial charge in [-0.05, 0) is 68.1 Å². The van der Waals surface area contributed by atoms with Crippen LogP contribution in [0.1, 0.15) is 47.4 Å². The Morgan fingerprint density at radius 2 is 1.74 bits per heavy atom. The Labute approximate surface area is 201 Å². The number of nitrogens with zero attached hydrogens (tertiary/aromatic N) is 2. The van der Waals surface area contributed by atoms with Crippen LogP contribution in [-0.4, -0.2) is 28.6 Å². The van der Waals surface area contributed by atoms with Crippen molar-refractivity contribution in [3.05, 3.63) is 95.8 Å².